The molecular formula is C25H24ClN3O2. The second kappa shape index (κ2) is 9.23. The third-order valence-corrected chi connectivity index (χ3v) is 5.15. The predicted molar refractivity (Wildman–Crippen MR) is 124 cm³/mol. The van der Waals surface area contributed by atoms with Crippen molar-refractivity contribution in [3.05, 3.63) is 94.6 Å². The predicted octanol–water partition coefficient (Wildman–Crippen LogP) is 5.46. The lowest BCUT2D eigenvalue weighted by molar-refractivity contribution is 0.0951. The van der Waals surface area contributed by atoms with E-state index in [-0.39, 0.29) is 12.0 Å². The van der Waals surface area contributed by atoms with Gasteiger partial charge in [-0.05, 0) is 61.4 Å². The average Bonchev–Trinajstić information content (AvgIpc) is 3.16. The molecule has 6 heteroatoms. The Morgan fingerprint density at radius 2 is 1.74 bits per heavy atom. The van der Waals surface area contributed by atoms with Crippen LogP contribution in [-0.2, 0) is 13.1 Å². The number of rotatable bonds is 7. The number of carbonyl (C=O) groups is 1. The molecule has 0 fully saturated rings. The number of aromatic nitrogens is 2. The van der Waals surface area contributed by atoms with Gasteiger partial charge >= 0.3 is 0 Å². The molecule has 0 unspecified atom stereocenters. The zero-order valence-electron chi connectivity index (χ0n) is 17.5. The molecule has 0 aliphatic heterocycles. The third-order valence-electron chi connectivity index (χ3n) is 4.90. The van der Waals surface area contributed by atoms with Crippen LogP contribution in [0.3, 0.4) is 0 Å². The molecule has 1 aromatic heterocycles. The summed E-state index contributed by atoms with van der Waals surface area (Å²) in [7, 11) is 0. The fourth-order valence-corrected chi connectivity index (χ4v) is 3.47. The van der Waals surface area contributed by atoms with Crippen molar-refractivity contribution < 1.29 is 9.53 Å². The average molecular weight is 434 g/mol. The molecule has 1 heterocycles. The number of amides is 1. The van der Waals surface area contributed by atoms with Gasteiger partial charge in [-0.2, -0.15) is 5.10 Å². The molecule has 0 radical (unpaired) electrons. The van der Waals surface area contributed by atoms with Gasteiger partial charge in [0.2, 0.25) is 0 Å². The molecule has 0 spiro atoms. The Morgan fingerprint density at radius 1 is 1.03 bits per heavy atom. The minimum Gasteiger partial charge on any atom is -0.491 e. The summed E-state index contributed by atoms with van der Waals surface area (Å²) in [5.74, 6) is 0.702. The summed E-state index contributed by atoms with van der Waals surface area (Å²) in [4.78, 5) is 12.7. The van der Waals surface area contributed by atoms with Crippen LogP contribution in [0.25, 0.3) is 10.9 Å². The summed E-state index contributed by atoms with van der Waals surface area (Å²) in [6.45, 7) is 5.04. The number of nitrogens with one attached hydrogen (secondary N) is 1. The van der Waals surface area contributed by atoms with Crippen molar-refractivity contribution in [2.75, 3.05) is 0 Å². The fraction of sp³-hybridized carbons (Fsp3) is 0.200. The van der Waals surface area contributed by atoms with Crippen molar-refractivity contribution in [1.29, 1.82) is 0 Å². The maximum Gasteiger partial charge on any atom is 0.251 e. The summed E-state index contributed by atoms with van der Waals surface area (Å²) >= 11 is 5.97. The van der Waals surface area contributed by atoms with Crippen LogP contribution >= 0.6 is 11.6 Å². The zero-order valence-corrected chi connectivity index (χ0v) is 18.3. The second-order valence-electron chi connectivity index (χ2n) is 7.70. The summed E-state index contributed by atoms with van der Waals surface area (Å²) in [6, 6.07) is 21.1. The Morgan fingerprint density at radius 3 is 2.45 bits per heavy atom. The largest absolute Gasteiger partial charge is 0.491 e. The first-order chi connectivity index (χ1) is 15.0. The molecule has 0 aliphatic carbocycles. The zero-order chi connectivity index (χ0) is 21.8. The highest BCUT2D eigenvalue weighted by molar-refractivity contribution is 6.30. The highest BCUT2D eigenvalue weighted by Gasteiger charge is 2.10. The van der Waals surface area contributed by atoms with E-state index < -0.39 is 0 Å². The van der Waals surface area contributed by atoms with Crippen molar-refractivity contribution >= 4 is 28.4 Å². The molecule has 0 aliphatic rings. The molecular weight excluding hydrogens is 410 g/mol. The lowest BCUT2D eigenvalue weighted by Gasteiger charge is -2.11. The molecule has 1 amide bonds. The van der Waals surface area contributed by atoms with Gasteiger partial charge in [0.25, 0.3) is 5.91 Å². The Kier molecular flexibility index (Phi) is 6.23. The topological polar surface area (TPSA) is 56.1 Å². The Hall–Kier alpha value is -3.31. The molecule has 31 heavy (non-hydrogen) atoms. The van der Waals surface area contributed by atoms with Gasteiger partial charge in [-0.1, -0.05) is 41.9 Å². The van der Waals surface area contributed by atoms with Crippen LogP contribution in [0.5, 0.6) is 5.75 Å². The number of ether oxygens (including phenoxy) is 1. The monoisotopic (exact) mass is 433 g/mol. The number of halogens is 1. The maximum absolute atomic E-state index is 12.7. The first kappa shape index (κ1) is 20.9. The highest BCUT2D eigenvalue weighted by atomic mass is 35.5. The molecule has 0 saturated carbocycles. The number of fused-ring (bicyclic) bond motifs is 1. The van der Waals surface area contributed by atoms with Crippen LogP contribution in [0.15, 0.2) is 72.9 Å². The summed E-state index contributed by atoms with van der Waals surface area (Å²) in [6.07, 6.45) is 1.95. The van der Waals surface area contributed by atoms with Crippen molar-refractivity contribution in [3.63, 3.8) is 0 Å². The molecule has 4 rings (SSSR count). The normalized spacial score (nSPS) is 11.1. The highest BCUT2D eigenvalue weighted by Crippen LogP contribution is 2.19. The van der Waals surface area contributed by atoms with Gasteiger partial charge in [0.15, 0.2) is 0 Å². The lowest BCUT2D eigenvalue weighted by Crippen LogP contribution is -2.22. The van der Waals surface area contributed by atoms with E-state index in [2.05, 4.69) is 10.4 Å². The Bertz CT molecular complexity index is 1180. The van der Waals surface area contributed by atoms with Crippen LogP contribution in [0.1, 0.15) is 35.3 Å². The smallest absolute Gasteiger partial charge is 0.251 e. The molecule has 158 valence electrons. The number of carbonyl (C=O) groups excluding carboxylic acids is 1. The van der Waals surface area contributed by atoms with Crippen molar-refractivity contribution in [2.24, 2.45) is 0 Å². The van der Waals surface area contributed by atoms with Crippen LogP contribution in [-0.4, -0.2) is 21.8 Å². The van der Waals surface area contributed by atoms with Gasteiger partial charge in [-0.15, -0.1) is 0 Å². The van der Waals surface area contributed by atoms with Crippen molar-refractivity contribution in [1.82, 2.24) is 15.1 Å². The van der Waals surface area contributed by atoms with Gasteiger partial charge in [0, 0.05) is 22.5 Å². The first-order valence-electron chi connectivity index (χ1n) is 10.2. The van der Waals surface area contributed by atoms with Gasteiger partial charge in [-0.3, -0.25) is 9.48 Å². The number of hydrogen-bond acceptors (Lipinski definition) is 3. The van der Waals surface area contributed by atoms with E-state index in [4.69, 9.17) is 16.3 Å². The molecule has 4 aromatic rings. The number of benzene rings is 3. The van der Waals surface area contributed by atoms with E-state index in [1.807, 2.05) is 91.5 Å². The molecule has 5 nitrogen and oxygen atoms in total. The standard InChI is InChI=1S/C25H24ClN3O2/c1-17(2)31-23-11-5-18(6-12-23)14-27-25(30)20-7-8-21-15-28-29(24(21)13-20)16-19-3-9-22(26)10-4-19/h3-13,15,17H,14,16H2,1-2H3,(H,27,30). The summed E-state index contributed by atoms with van der Waals surface area (Å²) < 4.78 is 7.55. The molecule has 0 atom stereocenters. The Balaban J connectivity index is 1.45. The number of nitrogens with zero attached hydrogens (tertiary/aromatic N) is 2. The second-order valence-corrected chi connectivity index (χ2v) is 8.13. The lowest BCUT2D eigenvalue weighted by atomic mass is 10.1. The number of hydrogen-bond donors (Lipinski definition) is 1. The van der Waals surface area contributed by atoms with Crippen LogP contribution < -0.4 is 10.1 Å². The van der Waals surface area contributed by atoms with Gasteiger partial charge in [0.1, 0.15) is 5.75 Å². The quantitative estimate of drug-likeness (QED) is 0.421. The summed E-state index contributed by atoms with van der Waals surface area (Å²) in [5.41, 5.74) is 3.62. The third kappa shape index (κ3) is 5.25. The van der Waals surface area contributed by atoms with E-state index in [0.29, 0.717) is 23.7 Å². The van der Waals surface area contributed by atoms with Gasteiger partial charge in [-0.25, -0.2) is 0 Å². The van der Waals surface area contributed by atoms with E-state index in [0.717, 1.165) is 27.8 Å². The van der Waals surface area contributed by atoms with Gasteiger partial charge in [0.05, 0.1) is 24.4 Å². The van der Waals surface area contributed by atoms with E-state index in [9.17, 15) is 4.79 Å². The van der Waals surface area contributed by atoms with Crippen molar-refractivity contribution in [3.8, 4) is 5.75 Å². The molecule has 0 saturated heterocycles. The SMILES string of the molecule is CC(C)Oc1ccc(CNC(=O)c2ccc3cnn(Cc4ccc(Cl)cc4)c3c2)cc1. The fourth-order valence-electron chi connectivity index (χ4n) is 3.34. The van der Waals surface area contributed by atoms with Gasteiger partial charge < -0.3 is 10.1 Å². The first-order valence-corrected chi connectivity index (χ1v) is 10.6. The van der Waals surface area contributed by atoms with Crippen molar-refractivity contribution in [2.45, 2.75) is 33.0 Å². The minimum absolute atomic E-state index is 0.122. The van der Waals surface area contributed by atoms with E-state index in [1.54, 1.807) is 0 Å². The van der Waals surface area contributed by atoms with E-state index >= 15 is 0 Å². The Labute approximate surface area is 186 Å². The van der Waals surface area contributed by atoms with Crippen LogP contribution in [0.2, 0.25) is 5.02 Å². The summed E-state index contributed by atoms with van der Waals surface area (Å²) in [5, 5.41) is 9.16. The maximum atomic E-state index is 12.7. The van der Waals surface area contributed by atoms with Crippen LogP contribution in [0.4, 0.5) is 0 Å². The van der Waals surface area contributed by atoms with Crippen LogP contribution in [0, 0.1) is 0 Å². The molecule has 0 bridgehead atoms. The molecule has 1 N–H and O–H groups in total. The minimum atomic E-state index is -0.122. The molecule has 3 aromatic carbocycles. The van der Waals surface area contributed by atoms with E-state index in [1.165, 1.54) is 0 Å².